The smallest absolute Gasteiger partial charge is 0.271 e. The molecule has 0 atom stereocenters. The normalized spacial score (nSPS) is 11.4. The van der Waals surface area contributed by atoms with E-state index < -0.39 is 11.8 Å². The molecular formula is C19H19N3O6. The molecule has 0 unspecified atom stereocenters. The molecule has 146 valence electrons. The molecule has 2 rings (SSSR count). The van der Waals surface area contributed by atoms with Gasteiger partial charge in [-0.3, -0.25) is 9.59 Å². The summed E-state index contributed by atoms with van der Waals surface area (Å²) in [7, 11) is 0. The molecule has 2 aromatic carbocycles. The van der Waals surface area contributed by atoms with Crippen molar-refractivity contribution in [1.82, 2.24) is 10.6 Å². The van der Waals surface area contributed by atoms with Crippen LogP contribution < -0.4 is 16.4 Å². The summed E-state index contributed by atoms with van der Waals surface area (Å²) in [5.74, 6) is -2.56. The molecule has 0 saturated heterocycles. The molecule has 28 heavy (non-hydrogen) atoms. The lowest BCUT2D eigenvalue weighted by Crippen LogP contribution is -2.36. The summed E-state index contributed by atoms with van der Waals surface area (Å²) >= 11 is 0. The van der Waals surface area contributed by atoms with E-state index in [0.29, 0.717) is 11.1 Å². The molecule has 0 aliphatic rings. The quantitative estimate of drug-likeness (QED) is 0.284. The first kappa shape index (κ1) is 20.3. The van der Waals surface area contributed by atoms with E-state index in [1.165, 1.54) is 54.8 Å². The number of aromatic hydroxyl groups is 4. The maximum absolute atomic E-state index is 12.4. The Bertz CT molecular complexity index is 953. The second-order valence-electron chi connectivity index (χ2n) is 5.61. The predicted molar refractivity (Wildman–Crippen MR) is 102 cm³/mol. The highest BCUT2D eigenvalue weighted by Crippen LogP contribution is 2.26. The molecule has 0 aromatic heterocycles. The van der Waals surface area contributed by atoms with Gasteiger partial charge in [0, 0.05) is 6.20 Å². The third-order valence-electron chi connectivity index (χ3n) is 3.50. The van der Waals surface area contributed by atoms with E-state index in [2.05, 4.69) is 10.6 Å². The summed E-state index contributed by atoms with van der Waals surface area (Å²) in [5, 5.41) is 42.4. The fraction of sp³-hybridized carbons (Fsp3) is 0.0526. The number of hydrogen-bond acceptors (Lipinski definition) is 7. The zero-order valence-electron chi connectivity index (χ0n) is 14.6. The minimum absolute atomic E-state index is 0.140. The number of amides is 2. The van der Waals surface area contributed by atoms with Gasteiger partial charge in [0.25, 0.3) is 5.91 Å². The Morgan fingerprint density at radius 3 is 2.04 bits per heavy atom. The number of rotatable bonds is 6. The molecule has 0 saturated carbocycles. The lowest BCUT2D eigenvalue weighted by atomic mass is 10.1. The minimum Gasteiger partial charge on any atom is -0.504 e. The topological polar surface area (TPSA) is 165 Å². The zero-order valence-corrected chi connectivity index (χ0v) is 14.6. The largest absolute Gasteiger partial charge is 0.504 e. The van der Waals surface area contributed by atoms with Gasteiger partial charge in [-0.25, -0.2) is 0 Å². The van der Waals surface area contributed by atoms with Crippen LogP contribution in [0.2, 0.25) is 0 Å². The van der Waals surface area contributed by atoms with Crippen LogP contribution in [-0.2, 0) is 9.59 Å². The van der Waals surface area contributed by atoms with E-state index in [4.69, 9.17) is 5.73 Å². The number of carbonyl (C=O) groups is 2. The Kier molecular flexibility index (Phi) is 6.61. The number of carbonyl (C=O) groups excluding carboxylic acids is 2. The van der Waals surface area contributed by atoms with Gasteiger partial charge in [-0.2, -0.15) is 0 Å². The van der Waals surface area contributed by atoms with Crippen molar-refractivity contribution in [3.63, 3.8) is 0 Å². The number of phenols is 4. The van der Waals surface area contributed by atoms with E-state index in [0.717, 1.165) is 0 Å². The van der Waals surface area contributed by atoms with Crippen LogP contribution in [0.5, 0.6) is 23.0 Å². The number of hydrogen-bond donors (Lipinski definition) is 7. The highest BCUT2D eigenvalue weighted by Gasteiger charge is 2.12. The van der Waals surface area contributed by atoms with Crippen LogP contribution in [-0.4, -0.2) is 38.8 Å². The van der Waals surface area contributed by atoms with Crippen LogP contribution in [0.3, 0.4) is 0 Å². The fourth-order valence-corrected chi connectivity index (χ4v) is 2.09. The average molecular weight is 385 g/mol. The molecule has 0 spiro atoms. The molecule has 0 radical (unpaired) electrons. The van der Waals surface area contributed by atoms with Crippen molar-refractivity contribution in [2.24, 2.45) is 5.73 Å². The number of nitrogens with one attached hydrogen (secondary N) is 2. The Morgan fingerprint density at radius 2 is 1.46 bits per heavy atom. The Labute approximate surface area is 160 Å². The maximum atomic E-state index is 12.4. The highest BCUT2D eigenvalue weighted by molar-refractivity contribution is 6.02. The second kappa shape index (κ2) is 9.10. The summed E-state index contributed by atoms with van der Waals surface area (Å²) in [6, 6.07) is 7.99. The molecule has 0 fully saturated rings. The van der Waals surface area contributed by atoms with E-state index in [-0.39, 0.29) is 35.2 Å². The monoisotopic (exact) mass is 385 g/mol. The molecule has 0 aliphatic heterocycles. The van der Waals surface area contributed by atoms with Crippen molar-refractivity contribution in [3.8, 4) is 23.0 Å². The third-order valence-corrected chi connectivity index (χ3v) is 3.50. The Hall–Kier alpha value is -3.98. The zero-order chi connectivity index (χ0) is 20.7. The van der Waals surface area contributed by atoms with Crippen LogP contribution >= 0.6 is 0 Å². The summed E-state index contributed by atoms with van der Waals surface area (Å²) in [5.41, 5.74) is 5.98. The van der Waals surface area contributed by atoms with E-state index in [1.54, 1.807) is 0 Å². The van der Waals surface area contributed by atoms with Crippen molar-refractivity contribution in [2.75, 3.05) is 6.54 Å². The van der Waals surface area contributed by atoms with Crippen LogP contribution in [0.25, 0.3) is 12.2 Å². The molecule has 2 aromatic rings. The third kappa shape index (κ3) is 5.51. The van der Waals surface area contributed by atoms with Gasteiger partial charge in [-0.15, -0.1) is 0 Å². The number of nitrogens with two attached hydrogens (primary N) is 1. The van der Waals surface area contributed by atoms with E-state index >= 15 is 0 Å². The summed E-state index contributed by atoms with van der Waals surface area (Å²) in [6.07, 6.45) is 4.04. The van der Waals surface area contributed by atoms with Crippen molar-refractivity contribution >= 4 is 24.0 Å². The highest BCUT2D eigenvalue weighted by atomic mass is 16.3. The average Bonchev–Trinajstić information content (AvgIpc) is 2.66. The van der Waals surface area contributed by atoms with Crippen LogP contribution in [0.15, 0.2) is 48.3 Å². The predicted octanol–water partition coefficient (Wildman–Crippen LogP) is 0.712. The second-order valence-corrected chi connectivity index (χ2v) is 5.61. The lowest BCUT2D eigenvalue weighted by Gasteiger charge is -2.09. The fourth-order valence-electron chi connectivity index (χ4n) is 2.09. The standard InChI is InChI=1S/C19H19N3O6/c20-10-18(27)22-13(7-12-2-4-15(24)17(26)9-12)19(28)21-6-5-11-1-3-14(23)16(25)8-11/h1-9,23-26H,10,20H2,(H,21,28)(H,22,27). The molecular weight excluding hydrogens is 366 g/mol. The van der Waals surface area contributed by atoms with Gasteiger partial charge < -0.3 is 36.8 Å². The van der Waals surface area contributed by atoms with Crippen LogP contribution in [0, 0.1) is 0 Å². The van der Waals surface area contributed by atoms with Gasteiger partial charge in [0.2, 0.25) is 5.91 Å². The van der Waals surface area contributed by atoms with Gasteiger partial charge >= 0.3 is 0 Å². The molecule has 2 amide bonds. The lowest BCUT2D eigenvalue weighted by molar-refractivity contribution is -0.122. The van der Waals surface area contributed by atoms with Gasteiger partial charge in [0.15, 0.2) is 23.0 Å². The van der Waals surface area contributed by atoms with Crippen molar-refractivity contribution < 1.29 is 30.0 Å². The SMILES string of the molecule is NCC(=O)NC(=Cc1ccc(O)c(O)c1)C(=O)NC=Cc1ccc(O)c(O)c1. The minimum atomic E-state index is -0.673. The Balaban J connectivity index is 2.19. The van der Waals surface area contributed by atoms with Gasteiger partial charge in [-0.1, -0.05) is 12.1 Å². The number of phenolic OH excluding ortho intramolecular Hbond substituents is 4. The van der Waals surface area contributed by atoms with Crippen LogP contribution in [0.1, 0.15) is 11.1 Å². The molecule has 9 nitrogen and oxygen atoms in total. The summed E-state index contributed by atoms with van der Waals surface area (Å²) in [6.45, 7) is -0.339. The van der Waals surface area contributed by atoms with E-state index in [1.807, 2.05) is 0 Å². The van der Waals surface area contributed by atoms with Crippen molar-refractivity contribution in [1.29, 1.82) is 0 Å². The maximum Gasteiger partial charge on any atom is 0.271 e. The molecule has 0 heterocycles. The van der Waals surface area contributed by atoms with Gasteiger partial charge in [0.05, 0.1) is 6.54 Å². The van der Waals surface area contributed by atoms with E-state index in [9.17, 15) is 30.0 Å². The first-order valence-electron chi connectivity index (χ1n) is 8.03. The Morgan fingerprint density at radius 1 is 0.893 bits per heavy atom. The molecule has 0 bridgehead atoms. The summed E-state index contributed by atoms with van der Waals surface area (Å²) < 4.78 is 0. The number of benzene rings is 2. The first-order valence-corrected chi connectivity index (χ1v) is 8.03. The molecule has 9 heteroatoms. The summed E-state index contributed by atoms with van der Waals surface area (Å²) in [4.78, 5) is 24.0. The first-order chi connectivity index (χ1) is 13.3. The molecule has 8 N–H and O–H groups in total. The van der Waals surface area contributed by atoms with Crippen LogP contribution in [0.4, 0.5) is 0 Å². The molecule has 0 aliphatic carbocycles. The van der Waals surface area contributed by atoms with Crippen molar-refractivity contribution in [3.05, 3.63) is 59.4 Å². The van der Waals surface area contributed by atoms with Gasteiger partial charge in [-0.05, 0) is 47.5 Å². The van der Waals surface area contributed by atoms with Gasteiger partial charge in [0.1, 0.15) is 5.70 Å². The van der Waals surface area contributed by atoms with Crippen molar-refractivity contribution in [2.45, 2.75) is 0 Å².